The standard InChI is InChI=1S/C17H22N2O/c1-3-8-18-11-15-10-17(13-19-12-15)20-16-7-5-6-14(4-2)9-16/h5-7,9-10,12-13,18H,3-4,8,11H2,1-2H3. The van der Waals surface area contributed by atoms with Gasteiger partial charge < -0.3 is 10.1 Å². The summed E-state index contributed by atoms with van der Waals surface area (Å²) in [4.78, 5) is 4.24. The van der Waals surface area contributed by atoms with E-state index < -0.39 is 0 Å². The van der Waals surface area contributed by atoms with E-state index in [2.05, 4.69) is 36.3 Å². The molecule has 2 rings (SSSR count). The molecule has 20 heavy (non-hydrogen) atoms. The molecule has 0 atom stereocenters. The van der Waals surface area contributed by atoms with E-state index >= 15 is 0 Å². The molecule has 0 spiro atoms. The van der Waals surface area contributed by atoms with Gasteiger partial charge >= 0.3 is 0 Å². The Kier molecular flexibility index (Phi) is 5.56. The summed E-state index contributed by atoms with van der Waals surface area (Å²) in [6.45, 7) is 6.14. The molecule has 1 aromatic heterocycles. The summed E-state index contributed by atoms with van der Waals surface area (Å²) in [6, 6.07) is 10.2. The second kappa shape index (κ2) is 7.65. The van der Waals surface area contributed by atoms with Gasteiger partial charge in [-0.15, -0.1) is 0 Å². The molecule has 0 fully saturated rings. The van der Waals surface area contributed by atoms with Crippen molar-refractivity contribution in [3.63, 3.8) is 0 Å². The molecule has 2 aromatic rings. The van der Waals surface area contributed by atoms with Gasteiger partial charge in [0.1, 0.15) is 11.5 Å². The molecular weight excluding hydrogens is 248 g/mol. The molecule has 0 radical (unpaired) electrons. The summed E-state index contributed by atoms with van der Waals surface area (Å²) in [5, 5.41) is 3.37. The van der Waals surface area contributed by atoms with Crippen molar-refractivity contribution in [1.29, 1.82) is 0 Å². The van der Waals surface area contributed by atoms with Gasteiger partial charge in [0.25, 0.3) is 0 Å². The number of benzene rings is 1. The van der Waals surface area contributed by atoms with Gasteiger partial charge in [-0.05, 0) is 48.7 Å². The van der Waals surface area contributed by atoms with Gasteiger partial charge in [0, 0.05) is 12.7 Å². The molecule has 0 bridgehead atoms. The molecular formula is C17H22N2O. The van der Waals surface area contributed by atoms with Crippen LogP contribution in [0.2, 0.25) is 0 Å². The topological polar surface area (TPSA) is 34.2 Å². The monoisotopic (exact) mass is 270 g/mol. The highest BCUT2D eigenvalue weighted by Gasteiger charge is 2.01. The number of aromatic nitrogens is 1. The zero-order valence-electron chi connectivity index (χ0n) is 12.2. The van der Waals surface area contributed by atoms with Gasteiger partial charge in [0.2, 0.25) is 0 Å². The van der Waals surface area contributed by atoms with Gasteiger partial charge in [0.15, 0.2) is 0 Å². The van der Waals surface area contributed by atoms with Crippen molar-refractivity contribution in [2.45, 2.75) is 33.2 Å². The Balaban J connectivity index is 2.03. The summed E-state index contributed by atoms with van der Waals surface area (Å²) in [6.07, 6.45) is 5.77. The highest BCUT2D eigenvalue weighted by molar-refractivity contribution is 5.34. The Morgan fingerprint density at radius 1 is 1.05 bits per heavy atom. The Morgan fingerprint density at radius 3 is 2.70 bits per heavy atom. The van der Waals surface area contributed by atoms with Crippen LogP contribution in [0.1, 0.15) is 31.4 Å². The maximum atomic E-state index is 5.88. The van der Waals surface area contributed by atoms with Gasteiger partial charge in [-0.3, -0.25) is 4.98 Å². The third-order valence-corrected chi connectivity index (χ3v) is 3.07. The summed E-state index contributed by atoms with van der Waals surface area (Å²) >= 11 is 0. The molecule has 0 amide bonds. The van der Waals surface area contributed by atoms with Crippen LogP contribution in [0.15, 0.2) is 42.7 Å². The quantitative estimate of drug-likeness (QED) is 0.774. The first kappa shape index (κ1) is 14.5. The molecule has 0 aliphatic carbocycles. The first-order chi connectivity index (χ1) is 9.81. The second-order valence-corrected chi connectivity index (χ2v) is 4.81. The lowest BCUT2D eigenvalue weighted by molar-refractivity contribution is 0.478. The lowest BCUT2D eigenvalue weighted by Gasteiger charge is -2.08. The smallest absolute Gasteiger partial charge is 0.146 e. The lowest BCUT2D eigenvalue weighted by Crippen LogP contribution is -2.13. The molecule has 1 N–H and O–H groups in total. The third kappa shape index (κ3) is 4.35. The maximum absolute atomic E-state index is 5.88. The number of rotatable bonds is 7. The van der Waals surface area contributed by atoms with Crippen molar-refractivity contribution >= 4 is 0 Å². The van der Waals surface area contributed by atoms with E-state index in [1.165, 1.54) is 5.56 Å². The van der Waals surface area contributed by atoms with Gasteiger partial charge in [-0.25, -0.2) is 0 Å². The van der Waals surface area contributed by atoms with Crippen molar-refractivity contribution in [2.24, 2.45) is 0 Å². The van der Waals surface area contributed by atoms with E-state index in [9.17, 15) is 0 Å². The fraction of sp³-hybridized carbons (Fsp3) is 0.353. The molecule has 0 saturated heterocycles. The molecule has 3 heteroatoms. The van der Waals surface area contributed by atoms with Crippen LogP contribution in [0.5, 0.6) is 11.5 Å². The highest BCUT2D eigenvalue weighted by atomic mass is 16.5. The van der Waals surface area contributed by atoms with E-state index in [4.69, 9.17) is 4.74 Å². The molecule has 106 valence electrons. The molecule has 0 aliphatic rings. The summed E-state index contributed by atoms with van der Waals surface area (Å²) < 4.78 is 5.88. The van der Waals surface area contributed by atoms with Crippen LogP contribution in [-0.2, 0) is 13.0 Å². The Hall–Kier alpha value is -1.87. The molecule has 3 nitrogen and oxygen atoms in total. The van der Waals surface area contributed by atoms with E-state index in [-0.39, 0.29) is 0 Å². The number of hydrogen-bond acceptors (Lipinski definition) is 3. The molecule has 0 saturated carbocycles. The van der Waals surface area contributed by atoms with Crippen LogP contribution in [-0.4, -0.2) is 11.5 Å². The van der Waals surface area contributed by atoms with Gasteiger partial charge in [0.05, 0.1) is 6.20 Å². The molecule has 0 aliphatic heterocycles. The van der Waals surface area contributed by atoms with E-state index in [1.54, 1.807) is 6.20 Å². The minimum absolute atomic E-state index is 0.786. The van der Waals surface area contributed by atoms with Crippen molar-refractivity contribution in [3.8, 4) is 11.5 Å². The SMILES string of the molecule is CCCNCc1cncc(Oc2cccc(CC)c2)c1. The zero-order valence-corrected chi connectivity index (χ0v) is 12.2. The molecule has 1 aromatic carbocycles. The number of pyridine rings is 1. The first-order valence-corrected chi connectivity index (χ1v) is 7.23. The lowest BCUT2D eigenvalue weighted by atomic mass is 10.2. The van der Waals surface area contributed by atoms with Crippen LogP contribution in [0.25, 0.3) is 0 Å². The normalized spacial score (nSPS) is 10.5. The fourth-order valence-corrected chi connectivity index (χ4v) is 1.99. The van der Waals surface area contributed by atoms with Crippen molar-refractivity contribution < 1.29 is 4.74 Å². The average Bonchev–Trinajstić information content (AvgIpc) is 2.48. The minimum Gasteiger partial charge on any atom is -0.456 e. The Morgan fingerprint density at radius 2 is 1.90 bits per heavy atom. The highest BCUT2D eigenvalue weighted by Crippen LogP contribution is 2.22. The van der Waals surface area contributed by atoms with Crippen molar-refractivity contribution in [3.05, 3.63) is 53.9 Å². The molecule has 0 unspecified atom stereocenters. The second-order valence-electron chi connectivity index (χ2n) is 4.81. The number of nitrogens with one attached hydrogen (secondary N) is 1. The van der Waals surface area contributed by atoms with Crippen LogP contribution in [0.3, 0.4) is 0 Å². The largest absolute Gasteiger partial charge is 0.456 e. The van der Waals surface area contributed by atoms with Gasteiger partial charge in [-0.2, -0.15) is 0 Å². The Bertz CT molecular complexity index is 540. The maximum Gasteiger partial charge on any atom is 0.146 e. The number of aryl methyl sites for hydroxylation is 1. The third-order valence-electron chi connectivity index (χ3n) is 3.07. The van der Waals surface area contributed by atoms with Crippen LogP contribution >= 0.6 is 0 Å². The zero-order chi connectivity index (χ0) is 14.2. The predicted octanol–water partition coefficient (Wildman–Crippen LogP) is 3.94. The van der Waals surface area contributed by atoms with Gasteiger partial charge in [-0.1, -0.05) is 26.0 Å². The molecule has 1 heterocycles. The summed E-state index contributed by atoms with van der Waals surface area (Å²) in [5.41, 5.74) is 2.42. The number of nitrogens with zero attached hydrogens (tertiary/aromatic N) is 1. The van der Waals surface area contributed by atoms with Crippen molar-refractivity contribution in [2.75, 3.05) is 6.54 Å². The van der Waals surface area contributed by atoms with Crippen LogP contribution < -0.4 is 10.1 Å². The van der Waals surface area contributed by atoms with Crippen LogP contribution in [0, 0.1) is 0 Å². The number of ether oxygens (including phenoxy) is 1. The predicted molar refractivity (Wildman–Crippen MR) is 82.1 cm³/mol. The van der Waals surface area contributed by atoms with E-state index in [0.717, 1.165) is 43.0 Å². The summed E-state index contributed by atoms with van der Waals surface area (Å²) in [7, 11) is 0. The van der Waals surface area contributed by atoms with E-state index in [1.807, 2.05) is 24.4 Å². The average molecular weight is 270 g/mol. The fourth-order valence-electron chi connectivity index (χ4n) is 1.99. The van der Waals surface area contributed by atoms with Crippen LogP contribution in [0.4, 0.5) is 0 Å². The Labute approximate surface area is 121 Å². The summed E-state index contributed by atoms with van der Waals surface area (Å²) in [5.74, 6) is 1.65. The van der Waals surface area contributed by atoms with Crippen molar-refractivity contribution in [1.82, 2.24) is 10.3 Å². The van der Waals surface area contributed by atoms with E-state index in [0.29, 0.717) is 0 Å². The minimum atomic E-state index is 0.786. The first-order valence-electron chi connectivity index (χ1n) is 7.23. The number of hydrogen-bond donors (Lipinski definition) is 1.